The first-order chi connectivity index (χ1) is 7.78. The molecule has 0 unspecified atom stereocenters. The summed E-state index contributed by atoms with van der Waals surface area (Å²) in [4.78, 5) is 4.23. The van der Waals surface area contributed by atoms with Gasteiger partial charge in [-0.25, -0.2) is 4.99 Å². The topological polar surface area (TPSA) is 50.4 Å². The second kappa shape index (κ2) is 7.40. The van der Waals surface area contributed by atoms with Crippen LogP contribution in [0.4, 0.5) is 0 Å². The number of aliphatic imine (C=N–C) groups is 1. The first-order valence-electron chi connectivity index (χ1n) is 5.30. The van der Waals surface area contributed by atoms with Crippen molar-refractivity contribution in [3.05, 3.63) is 33.8 Å². The Bertz CT molecular complexity index is 428. The molecule has 102 valence electrons. The predicted octanol–water partition coefficient (Wildman–Crippen LogP) is 3.81. The fourth-order valence-electron chi connectivity index (χ4n) is 1.24. The number of benzene rings is 1. The molecule has 0 aliphatic heterocycles. The maximum Gasteiger partial charge on any atom is 0.189 e. The molecule has 3 N–H and O–H groups in total. The van der Waals surface area contributed by atoms with Crippen LogP contribution in [-0.4, -0.2) is 11.5 Å². The zero-order valence-corrected chi connectivity index (χ0v) is 14.5. The van der Waals surface area contributed by atoms with Gasteiger partial charge in [0, 0.05) is 15.6 Å². The van der Waals surface area contributed by atoms with E-state index in [-0.39, 0.29) is 29.5 Å². The van der Waals surface area contributed by atoms with Crippen molar-refractivity contribution in [1.82, 2.24) is 5.32 Å². The summed E-state index contributed by atoms with van der Waals surface area (Å²) < 4.78 is 0. The molecule has 1 rings (SSSR count). The molecule has 0 saturated heterocycles. The molecular formula is C12H18Cl2IN3. The van der Waals surface area contributed by atoms with E-state index < -0.39 is 0 Å². The van der Waals surface area contributed by atoms with Gasteiger partial charge in [0.05, 0.1) is 6.54 Å². The van der Waals surface area contributed by atoms with Gasteiger partial charge < -0.3 is 11.1 Å². The van der Waals surface area contributed by atoms with Gasteiger partial charge in [-0.15, -0.1) is 24.0 Å². The quantitative estimate of drug-likeness (QED) is 0.449. The summed E-state index contributed by atoms with van der Waals surface area (Å²) in [5.74, 6) is 0.406. The van der Waals surface area contributed by atoms with Gasteiger partial charge in [-0.1, -0.05) is 29.3 Å². The van der Waals surface area contributed by atoms with E-state index in [9.17, 15) is 0 Å². The summed E-state index contributed by atoms with van der Waals surface area (Å²) in [6, 6.07) is 5.32. The molecule has 0 aromatic heterocycles. The lowest BCUT2D eigenvalue weighted by Crippen LogP contribution is -2.44. The minimum Gasteiger partial charge on any atom is -0.370 e. The van der Waals surface area contributed by atoms with Gasteiger partial charge in [0.2, 0.25) is 0 Å². The van der Waals surface area contributed by atoms with Gasteiger partial charge in [0.25, 0.3) is 0 Å². The van der Waals surface area contributed by atoms with Crippen LogP contribution in [0.15, 0.2) is 23.2 Å². The number of rotatable bonds is 2. The van der Waals surface area contributed by atoms with E-state index in [1.165, 1.54) is 0 Å². The number of halogens is 3. The van der Waals surface area contributed by atoms with Crippen LogP contribution in [0, 0.1) is 0 Å². The predicted molar refractivity (Wildman–Crippen MR) is 90.1 cm³/mol. The Labute approximate surface area is 135 Å². The van der Waals surface area contributed by atoms with Crippen molar-refractivity contribution >= 4 is 53.1 Å². The second-order valence-corrected chi connectivity index (χ2v) is 5.66. The highest BCUT2D eigenvalue weighted by molar-refractivity contribution is 14.0. The average molecular weight is 402 g/mol. The van der Waals surface area contributed by atoms with Crippen LogP contribution in [0.3, 0.4) is 0 Å². The molecule has 0 aliphatic rings. The van der Waals surface area contributed by atoms with E-state index in [1.807, 2.05) is 26.8 Å². The van der Waals surface area contributed by atoms with Crippen LogP contribution in [0.25, 0.3) is 0 Å². The summed E-state index contributed by atoms with van der Waals surface area (Å²) in [5, 5.41) is 4.29. The largest absolute Gasteiger partial charge is 0.370 e. The van der Waals surface area contributed by atoms with Crippen molar-refractivity contribution in [1.29, 1.82) is 0 Å². The number of nitrogens with zero attached hydrogens (tertiary/aromatic N) is 1. The molecule has 0 bridgehead atoms. The van der Waals surface area contributed by atoms with Crippen molar-refractivity contribution in [2.45, 2.75) is 32.9 Å². The molecule has 18 heavy (non-hydrogen) atoms. The minimum atomic E-state index is -0.0998. The molecule has 1 aromatic carbocycles. The van der Waals surface area contributed by atoms with Gasteiger partial charge in [-0.3, -0.25) is 0 Å². The van der Waals surface area contributed by atoms with Gasteiger partial charge >= 0.3 is 0 Å². The lowest BCUT2D eigenvalue weighted by atomic mass is 10.1. The van der Waals surface area contributed by atoms with E-state index in [1.54, 1.807) is 12.1 Å². The molecule has 0 fully saturated rings. The van der Waals surface area contributed by atoms with Gasteiger partial charge in [-0.2, -0.15) is 0 Å². The van der Waals surface area contributed by atoms with Crippen molar-refractivity contribution < 1.29 is 0 Å². The highest BCUT2D eigenvalue weighted by Crippen LogP contribution is 2.21. The lowest BCUT2D eigenvalue weighted by Gasteiger charge is -2.21. The van der Waals surface area contributed by atoms with E-state index in [0.29, 0.717) is 22.5 Å². The van der Waals surface area contributed by atoms with Crippen LogP contribution in [0.5, 0.6) is 0 Å². The Balaban J connectivity index is 0.00000289. The summed E-state index contributed by atoms with van der Waals surface area (Å²) >= 11 is 11.8. The second-order valence-electron chi connectivity index (χ2n) is 4.81. The summed E-state index contributed by atoms with van der Waals surface area (Å²) in [5.41, 5.74) is 6.56. The maximum atomic E-state index is 6.03. The molecule has 6 heteroatoms. The van der Waals surface area contributed by atoms with Crippen LogP contribution in [0.2, 0.25) is 10.0 Å². The molecule has 1 aromatic rings. The minimum absolute atomic E-state index is 0. The molecule has 0 saturated carbocycles. The molecule has 3 nitrogen and oxygen atoms in total. The Morgan fingerprint density at radius 2 is 1.94 bits per heavy atom. The highest BCUT2D eigenvalue weighted by atomic mass is 127. The normalized spacial score (nSPS) is 11.9. The van der Waals surface area contributed by atoms with E-state index in [4.69, 9.17) is 28.9 Å². The van der Waals surface area contributed by atoms with Crippen molar-refractivity contribution in [3.8, 4) is 0 Å². The molecule has 0 amide bonds. The first-order valence-corrected chi connectivity index (χ1v) is 6.05. The molecule has 0 aliphatic carbocycles. The third kappa shape index (κ3) is 6.66. The third-order valence-corrected chi connectivity index (χ3v) is 2.52. The molecule has 0 atom stereocenters. The maximum absolute atomic E-state index is 6.03. The third-order valence-electron chi connectivity index (χ3n) is 1.94. The highest BCUT2D eigenvalue weighted by Gasteiger charge is 2.09. The standard InChI is InChI=1S/C12H17Cl2N3.HI/c1-12(2,3)17-11(15)16-7-8-4-5-9(13)6-10(8)14;/h4-6H,7H2,1-3H3,(H3,15,16,17);1H. The van der Waals surface area contributed by atoms with Crippen molar-refractivity contribution in [2.24, 2.45) is 10.7 Å². The summed E-state index contributed by atoms with van der Waals surface area (Å²) in [7, 11) is 0. The fourth-order valence-corrected chi connectivity index (χ4v) is 1.71. The Morgan fingerprint density at radius 1 is 1.33 bits per heavy atom. The zero-order chi connectivity index (χ0) is 13.1. The van der Waals surface area contributed by atoms with Gasteiger partial charge in [0.15, 0.2) is 5.96 Å². The van der Waals surface area contributed by atoms with Crippen molar-refractivity contribution in [2.75, 3.05) is 0 Å². The van der Waals surface area contributed by atoms with Crippen LogP contribution < -0.4 is 11.1 Å². The number of hydrogen-bond donors (Lipinski definition) is 2. The van der Waals surface area contributed by atoms with E-state index >= 15 is 0 Å². The molecule has 0 heterocycles. The molecule has 0 radical (unpaired) electrons. The summed E-state index contributed by atoms with van der Waals surface area (Å²) in [6.07, 6.45) is 0. The number of nitrogens with two attached hydrogens (primary N) is 1. The molecule has 0 spiro atoms. The Hall–Kier alpha value is -0.200. The number of guanidine groups is 1. The van der Waals surface area contributed by atoms with Crippen LogP contribution in [-0.2, 0) is 6.54 Å². The van der Waals surface area contributed by atoms with Gasteiger partial charge in [-0.05, 0) is 38.5 Å². The first kappa shape index (κ1) is 17.8. The van der Waals surface area contributed by atoms with Crippen LogP contribution in [0.1, 0.15) is 26.3 Å². The lowest BCUT2D eigenvalue weighted by molar-refractivity contribution is 0.508. The monoisotopic (exact) mass is 401 g/mol. The van der Waals surface area contributed by atoms with E-state index in [2.05, 4.69) is 10.3 Å². The van der Waals surface area contributed by atoms with Crippen LogP contribution >= 0.6 is 47.2 Å². The van der Waals surface area contributed by atoms with Crippen molar-refractivity contribution in [3.63, 3.8) is 0 Å². The molecular weight excluding hydrogens is 384 g/mol. The summed E-state index contributed by atoms with van der Waals surface area (Å²) in [6.45, 7) is 6.49. The SMILES string of the molecule is CC(C)(C)NC(N)=NCc1ccc(Cl)cc1Cl.I. The average Bonchev–Trinajstić information content (AvgIpc) is 2.13. The van der Waals surface area contributed by atoms with E-state index in [0.717, 1.165) is 5.56 Å². The fraction of sp³-hybridized carbons (Fsp3) is 0.417. The van der Waals surface area contributed by atoms with Gasteiger partial charge in [0.1, 0.15) is 0 Å². The Morgan fingerprint density at radius 3 is 2.44 bits per heavy atom. The Kier molecular flexibility index (Phi) is 7.32. The zero-order valence-electron chi connectivity index (χ0n) is 10.6. The number of hydrogen-bond acceptors (Lipinski definition) is 1. The number of nitrogens with one attached hydrogen (secondary N) is 1. The smallest absolute Gasteiger partial charge is 0.189 e.